The molecule has 164 valence electrons. The first-order valence-electron chi connectivity index (χ1n) is 10.3. The van der Waals surface area contributed by atoms with E-state index in [1.165, 1.54) is 0 Å². The molecule has 0 saturated heterocycles. The minimum atomic E-state index is -1.03. The van der Waals surface area contributed by atoms with Crippen molar-refractivity contribution >= 4 is 35.8 Å². The van der Waals surface area contributed by atoms with Crippen LogP contribution in [0.15, 0.2) is 67.0 Å². The number of nitrogens with zero attached hydrogens (tertiary/aromatic N) is 1. The number of carboxylic acid groups (broad SMARTS) is 1. The average molecular weight is 447 g/mol. The van der Waals surface area contributed by atoms with Gasteiger partial charge in [0.05, 0.1) is 0 Å². The smallest absolute Gasteiger partial charge is 0.326 e. The largest absolute Gasteiger partial charge is 0.480 e. The lowest BCUT2D eigenvalue weighted by Gasteiger charge is -2.17. The Bertz CT molecular complexity index is 1110. The van der Waals surface area contributed by atoms with E-state index in [-0.39, 0.29) is 5.91 Å². The van der Waals surface area contributed by atoms with E-state index in [9.17, 15) is 14.7 Å². The zero-order valence-electron chi connectivity index (χ0n) is 18.1. The third-order valence-electron chi connectivity index (χ3n) is 5.09. The van der Waals surface area contributed by atoms with Gasteiger partial charge in [0.2, 0.25) is 0 Å². The van der Waals surface area contributed by atoms with Gasteiger partial charge in [0.25, 0.3) is 5.91 Å². The van der Waals surface area contributed by atoms with Crippen molar-refractivity contribution in [3.05, 3.63) is 89.2 Å². The first kappa shape index (κ1) is 23.3. The highest BCUT2D eigenvalue weighted by Gasteiger charge is 2.22. The Balaban J connectivity index is 1.98. The summed E-state index contributed by atoms with van der Waals surface area (Å²) in [4.78, 5) is 28.8. The Morgan fingerprint density at radius 1 is 1.06 bits per heavy atom. The number of carboxylic acids is 1. The maximum atomic E-state index is 13.1. The summed E-state index contributed by atoms with van der Waals surface area (Å²) in [5.74, 6) is -0.764. The van der Waals surface area contributed by atoms with Crippen molar-refractivity contribution in [3.63, 3.8) is 0 Å². The molecule has 1 atom stereocenters. The van der Waals surface area contributed by atoms with Crippen LogP contribution in [0.3, 0.4) is 0 Å². The number of rotatable bonds is 9. The van der Waals surface area contributed by atoms with Gasteiger partial charge in [-0.05, 0) is 71.4 Å². The van der Waals surface area contributed by atoms with Gasteiger partial charge >= 0.3 is 5.97 Å². The molecule has 0 aliphatic rings. The molecule has 0 fully saturated rings. The lowest BCUT2D eigenvalue weighted by atomic mass is 9.93. The van der Waals surface area contributed by atoms with Crippen LogP contribution in [0.2, 0.25) is 0 Å². The molecule has 5 nitrogen and oxygen atoms in total. The number of aromatic nitrogens is 1. The quantitative estimate of drug-likeness (QED) is 0.474. The van der Waals surface area contributed by atoms with E-state index in [1.807, 2.05) is 73.9 Å². The van der Waals surface area contributed by atoms with Crippen LogP contribution in [0.1, 0.15) is 33.5 Å². The molecular weight excluding hydrogens is 420 g/mol. The van der Waals surface area contributed by atoms with Crippen LogP contribution in [0.25, 0.3) is 23.3 Å². The molecule has 1 aromatic heterocycles. The van der Waals surface area contributed by atoms with Crippen molar-refractivity contribution in [2.45, 2.75) is 19.4 Å². The molecule has 0 radical (unpaired) electrons. The van der Waals surface area contributed by atoms with Crippen LogP contribution in [-0.2, 0) is 4.79 Å². The molecule has 0 bridgehead atoms. The van der Waals surface area contributed by atoms with Crippen molar-refractivity contribution in [2.24, 2.45) is 0 Å². The summed E-state index contributed by atoms with van der Waals surface area (Å²) in [6.07, 6.45) is 9.72. The van der Waals surface area contributed by atoms with Gasteiger partial charge in [0.15, 0.2) is 0 Å². The Hall–Kier alpha value is -3.38. The van der Waals surface area contributed by atoms with Crippen molar-refractivity contribution < 1.29 is 14.7 Å². The number of thioether (sulfide) groups is 1. The first-order valence-corrected chi connectivity index (χ1v) is 11.7. The van der Waals surface area contributed by atoms with Crippen molar-refractivity contribution in [3.8, 4) is 11.1 Å². The van der Waals surface area contributed by atoms with E-state index < -0.39 is 12.0 Å². The molecule has 1 amide bonds. The maximum absolute atomic E-state index is 13.1. The van der Waals surface area contributed by atoms with E-state index in [4.69, 9.17) is 0 Å². The number of carbonyl (C=O) groups excluding carboxylic acids is 1. The summed E-state index contributed by atoms with van der Waals surface area (Å²) < 4.78 is 0. The SMILES string of the molecule is CSCC[C@H](NC(=O)c1ccc(C=Cc2cccnc2)cc1-c1ccccc1C)C(=O)O. The van der Waals surface area contributed by atoms with Crippen LogP contribution in [0.4, 0.5) is 0 Å². The molecule has 32 heavy (non-hydrogen) atoms. The Kier molecular flexibility index (Phi) is 8.22. The van der Waals surface area contributed by atoms with Gasteiger partial charge < -0.3 is 10.4 Å². The number of hydrogen-bond acceptors (Lipinski definition) is 4. The number of amides is 1. The number of carbonyl (C=O) groups is 2. The molecule has 0 saturated carbocycles. The third kappa shape index (κ3) is 6.08. The number of benzene rings is 2. The second kappa shape index (κ2) is 11.3. The van der Waals surface area contributed by atoms with Gasteiger partial charge in [-0.3, -0.25) is 9.78 Å². The molecule has 0 unspecified atom stereocenters. The van der Waals surface area contributed by atoms with E-state index in [0.29, 0.717) is 17.7 Å². The second-order valence-electron chi connectivity index (χ2n) is 7.39. The van der Waals surface area contributed by atoms with Gasteiger partial charge in [-0.2, -0.15) is 11.8 Å². The van der Waals surface area contributed by atoms with E-state index >= 15 is 0 Å². The zero-order valence-corrected chi connectivity index (χ0v) is 18.9. The predicted octanol–water partition coefficient (Wildman–Crippen LogP) is 5.16. The summed E-state index contributed by atoms with van der Waals surface area (Å²) in [6, 6.07) is 16.3. The van der Waals surface area contributed by atoms with Crippen molar-refractivity contribution in [1.29, 1.82) is 0 Å². The summed E-state index contributed by atoms with van der Waals surface area (Å²) in [6.45, 7) is 1.99. The van der Waals surface area contributed by atoms with Gasteiger partial charge in [0.1, 0.15) is 6.04 Å². The van der Waals surface area contributed by atoms with Crippen molar-refractivity contribution in [1.82, 2.24) is 10.3 Å². The lowest BCUT2D eigenvalue weighted by molar-refractivity contribution is -0.139. The molecule has 2 N–H and O–H groups in total. The first-order chi connectivity index (χ1) is 15.5. The molecule has 3 rings (SSSR count). The number of aryl methyl sites for hydroxylation is 1. The summed E-state index contributed by atoms with van der Waals surface area (Å²) in [5, 5.41) is 12.2. The molecule has 2 aromatic carbocycles. The minimum Gasteiger partial charge on any atom is -0.480 e. The fourth-order valence-corrected chi connectivity index (χ4v) is 3.83. The fraction of sp³-hybridized carbons (Fsp3) is 0.192. The number of nitrogens with one attached hydrogen (secondary N) is 1. The highest BCUT2D eigenvalue weighted by atomic mass is 32.2. The Morgan fingerprint density at radius 2 is 1.84 bits per heavy atom. The van der Waals surface area contributed by atoms with Crippen LogP contribution < -0.4 is 5.32 Å². The number of aliphatic carboxylic acids is 1. The Morgan fingerprint density at radius 3 is 2.53 bits per heavy atom. The predicted molar refractivity (Wildman–Crippen MR) is 132 cm³/mol. The van der Waals surface area contributed by atoms with Gasteiger partial charge in [0, 0.05) is 18.0 Å². The lowest BCUT2D eigenvalue weighted by Crippen LogP contribution is -2.41. The van der Waals surface area contributed by atoms with Gasteiger partial charge in [-0.1, -0.05) is 48.6 Å². The van der Waals surface area contributed by atoms with Crippen LogP contribution in [0, 0.1) is 6.92 Å². The maximum Gasteiger partial charge on any atom is 0.326 e. The topological polar surface area (TPSA) is 79.3 Å². The monoisotopic (exact) mass is 446 g/mol. The van der Waals surface area contributed by atoms with E-state index in [2.05, 4.69) is 10.3 Å². The molecule has 1 heterocycles. The van der Waals surface area contributed by atoms with Crippen LogP contribution in [0.5, 0.6) is 0 Å². The standard InChI is InChI=1S/C26H26N2O3S/c1-18-6-3-4-8-21(18)23-16-19(9-10-20-7-5-14-27-17-20)11-12-22(23)25(29)28-24(26(30)31)13-15-32-2/h3-12,14,16-17,24H,13,15H2,1-2H3,(H,28,29)(H,30,31)/t24-/m0/s1. The summed E-state index contributed by atoms with van der Waals surface area (Å²) in [7, 11) is 0. The Labute approximate surface area is 192 Å². The van der Waals surface area contributed by atoms with Gasteiger partial charge in [-0.25, -0.2) is 4.79 Å². The highest BCUT2D eigenvalue weighted by Crippen LogP contribution is 2.29. The third-order valence-corrected chi connectivity index (χ3v) is 5.73. The molecule has 3 aromatic rings. The average Bonchev–Trinajstić information content (AvgIpc) is 2.81. The van der Waals surface area contributed by atoms with Crippen molar-refractivity contribution in [2.75, 3.05) is 12.0 Å². The van der Waals surface area contributed by atoms with Gasteiger partial charge in [-0.15, -0.1) is 0 Å². The zero-order chi connectivity index (χ0) is 22.9. The number of hydrogen-bond donors (Lipinski definition) is 2. The molecule has 6 heteroatoms. The minimum absolute atomic E-state index is 0.369. The molecule has 0 aliphatic heterocycles. The summed E-state index contributed by atoms with van der Waals surface area (Å²) >= 11 is 1.55. The normalized spacial score (nSPS) is 11.9. The van der Waals surface area contributed by atoms with Crippen LogP contribution >= 0.6 is 11.8 Å². The molecular formula is C26H26N2O3S. The van der Waals surface area contributed by atoms with Crippen LogP contribution in [-0.4, -0.2) is 40.0 Å². The summed E-state index contributed by atoms with van der Waals surface area (Å²) in [5.41, 5.74) is 5.10. The van der Waals surface area contributed by atoms with E-state index in [0.717, 1.165) is 27.8 Å². The molecule has 0 aliphatic carbocycles. The fourth-order valence-electron chi connectivity index (χ4n) is 3.36. The number of pyridine rings is 1. The second-order valence-corrected chi connectivity index (χ2v) is 8.37. The molecule has 0 spiro atoms. The van der Waals surface area contributed by atoms with E-state index in [1.54, 1.807) is 30.2 Å². The highest BCUT2D eigenvalue weighted by molar-refractivity contribution is 7.98.